The van der Waals surface area contributed by atoms with E-state index in [1.54, 1.807) is 24.3 Å². The number of rotatable bonds is 6. The van der Waals surface area contributed by atoms with Crippen LogP contribution in [0.4, 0.5) is 4.79 Å². The molecule has 3 N–H and O–H groups in total. The smallest absolute Gasteiger partial charge is 0.326 e. The highest BCUT2D eigenvalue weighted by atomic mass is 127. The third kappa shape index (κ3) is 6.48. The average Bonchev–Trinajstić information content (AvgIpc) is 2.54. The molecule has 0 aromatic heterocycles. The van der Waals surface area contributed by atoms with Gasteiger partial charge in [0.15, 0.2) is 11.6 Å². The fourth-order valence-electron chi connectivity index (χ4n) is 2.15. The van der Waals surface area contributed by atoms with Gasteiger partial charge in [-0.25, -0.2) is 4.79 Å². The quantitative estimate of drug-likeness (QED) is 0.296. The zero-order chi connectivity index (χ0) is 20.3. The van der Waals surface area contributed by atoms with E-state index in [9.17, 15) is 19.8 Å². The van der Waals surface area contributed by atoms with Gasteiger partial charge in [0.05, 0.1) is 14.3 Å². The summed E-state index contributed by atoms with van der Waals surface area (Å²) in [4.78, 5) is 22.3. The zero-order valence-electron chi connectivity index (χ0n) is 13.3. The van der Waals surface area contributed by atoms with Gasteiger partial charge in [-0.1, -0.05) is 0 Å². The van der Waals surface area contributed by atoms with Crippen molar-refractivity contribution in [2.45, 2.75) is 12.5 Å². The number of hydrogen-bond acceptors (Lipinski definition) is 4. The van der Waals surface area contributed by atoms with Crippen molar-refractivity contribution in [2.75, 3.05) is 0 Å². The molecule has 0 aliphatic heterocycles. The number of carboxylic acid groups (broad SMARTS) is 1. The molecule has 0 aliphatic rings. The molecule has 0 bridgehead atoms. The highest BCUT2D eigenvalue weighted by Gasteiger charge is 2.20. The van der Waals surface area contributed by atoms with Crippen LogP contribution in [-0.2, 0) is 11.2 Å². The Balaban J connectivity index is 2.29. The van der Waals surface area contributed by atoms with Gasteiger partial charge in [-0.2, -0.15) is 0 Å². The molecule has 0 aliphatic carbocycles. The molecule has 2 rings (SSSR count). The summed E-state index contributed by atoms with van der Waals surface area (Å²) in [6.45, 7) is 0. The van der Waals surface area contributed by atoms with Crippen LogP contribution < -0.4 is 10.1 Å². The summed E-state index contributed by atoms with van der Waals surface area (Å²) in [5, 5.41) is 21.3. The second kappa shape index (κ2) is 10.1. The van der Waals surface area contributed by atoms with Gasteiger partial charge < -0.3 is 20.3 Å². The number of amides is 1. The number of aromatic hydroxyl groups is 1. The van der Waals surface area contributed by atoms with Crippen molar-refractivity contribution in [3.63, 3.8) is 0 Å². The van der Waals surface area contributed by atoms with Crippen LogP contribution in [0.15, 0.2) is 24.3 Å². The molecule has 0 heterocycles. The SMILES string of the molecule is [B]C(=O)NC(Cc1cc(I)c(Oc2cc(I)c(O)c(I)c2)c(I)c1)C(=O)O. The number of hydrogen-bond donors (Lipinski definition) is 3. The maximum atomic E-state index is 11.3. The number of benzene rings is 2. The Morgan fingerprint density at radius 3 is 2.00 bits per heavy atom. The van der Waals surface area contributed by atoms with Gasteiger partial charge in [0.1, 0.15) is 17.5 Å². The molecule has 0 saturated carbocycles. The Hall–Kier alpha value is -0.0351. The fraction of sp³-hybridized carbons (Fsp3) is 0.125. The second-order valence-electron chi connectivity index (χ2n) is 5.33. The Kier molecular flexibility index (Phi) is 8.72. The first kappa shape index (κ1) is 23.2. The summed E-state index contributed by atoms with van der Waals surface area (Å²) >= 11 is 8.28. The Labute approximate surface area is 211 Å². The molecule has 1 unspecified atom stereocenters. The topological polar surface area (TPSA) is 95.9 Å². The lowest BCUT2D eigenvalue weighted by Gasteiger charge is -2.16. The number of halogens is 4. The summed E-state index contributed by atoms with van der Waals surface area (Å²) < 4.78 is 8.92. The number of phenols is 1. The minimum atomic E-state index is -1.16. The number of aliphatic carboxylic acids is 1. The lowest BCUT2D eigenvalue weighted by molar-refractivity contribution is -0.139. The first-order valence-electron chi connectivity index (χ1n) is 7.21. The zero-order valence-corrected chi connectivity index (χ0v) is 21.9. The third-order valence-electron chi connectivity index (χ3n) is 3.32. The van der Waals surface area contributed by atoms with Crippen LogP contribution in [0.25, 0.3) is 0 Å². The maximum Gasteiger partial charge on any atom is 0.326 e. The number of phenolic OH excluding ortho intramolecular Hbond substituents is 1. The van der Waals surface area contributed by atoms with Crippen LogP contribution in [-0.4, -0.2) is 35.9 Å². The molecule has 0 saturated heterocycles. The Morgan fingerprint density at radius 2 is 1.56 bits per heavy atom. The highest BCUT2D eigenvalue weighted by Crippen LogP contribution is 2.36. The molecular weight excluding hydrogens is 805 g/mol. The number of carbonyl (C=O) groups is 2. The van der Waals surface area contributed by atoms with Gasteiger partial charge >= 0.3 is 5.97 Å². The van der Waals surface area contributed by atoms with Gasteiger partial charge in [0.25, 0.3) is 0 Å². The van der Waals surface area contributed by atoms with Crippen molar-refractivity contribution >= 4 is 110 Å². The molecule has 27 heavy (non-hydrogen) atoms. The number of nitrogens with one attached hydrogen (secondary N) is 1. The van der Waals surface area contributed by atoms with E-state index in [4.69, 9.17) is 12.6 Å². The van der Waals surface area contributed by atoms with E-state index < -0.39 is 17.8 Å². The van der Waals surface area contributed by atoms with Crippen molar-refractivity contribution in [1.29, 1.82) is 0 Å². The molecule has 0 fully saturated rings. The predicted molar refractivity (Wildman–Crippen MR) is 135 cm³/mol. The van der Waals surface area contributed by atoms with Crippen LogP contribution in [0.3, 0.4) is 0 Å². The van der Waals surface area contributed by atoms with Crippen molar-refractivity contribution in [3.05, 3.63) is 44.1 Å². The van der Waals surface area contributed by atoms with Crippen LogP contribution >= 0.6 is 90.4 Å². The minimum Gasteiger partial charge on any atom is -0.506 e. The van der Waals surface area contributed by atoms with Gasteiger partial charge in [0, 0.05) is 6.42 Å². The van der Waals surface area contributed by atoms with Crippen LogP contribution in [0.2, 0.25) is 0 Å². The molecule has 0 spiro atoms. The fourth-order valence-corrected chi connectivity index (χ4v) is 5.98. The Morgan fingerprint density at radius 1 is 1.04 bits per heavy atom. The lowest BCUT2D eigenvalue weighted by Crippen LogP contribution is -2.41. The summed E-state index contributed by atoms with van der Waals surface area (Å²) in [7, 11) is 5.03. The number of ether oxygens (including phenoxy) is 1. The molecule has 11 heteroatoms. The molecular formula is C16H10BI4NO5. The first-order valence-corrected chi connectivity index (χ1v) is 11.5. The minimum absolute atomic E-state index is 0.0968. The molecule has 2 aromatic carbocycles. The van der Waals surface area contributed by atoms with Gasteiger partial charge in [-0.3, -0.25) is 4.79 Å². The van der Waals surface area contributed by atoms with Crippen molar-refractivity contribution in [2.24, 2.45) is 0 Å². The standard InChI is InChI=1S/C16H10BI4NO5/c17-16(26)22-12(15(24)25)3-6-1-10(20)14(11(21)2-6)27-7-4-8(18)13(23)9(19)5-7/h1-2,4-5,12,23H,3H2,(H,22,26)(H,24,25). The van der Waals surface area contributed by atoms with Gasteiger partial charge in [-0.05, 0) is 120 Å². The van der Waals surface area contributed by atoms with E-state index in [2.05, 4.69) is 50.5 Å². The molecule has 6 nitrogen and oxygen atoms in total. The summed E-state index contributed by atoms with van der Waals surface area (Å²) in [5.74, 6) is -0.614. The van der Waals surface area contributed by atoms with Crippen LogP contribution in [0, 0.1) is 14.3 Å². The lowest BCUT2D eigenvalue weighted by atomic mass is 10.0. The molecule has 2 radical (unpaired) electrons. The van der Waals surface area contributed by atoms with E-state index in [0.717, 1.165) is 12.7 Å². The van der Waals surface area contributed by atoms with Crippen molar-refractivity contribution in [1.82, 2.24) is 5.32 Å². The summed E-state index contributed by atoms with van der Waals surface area (Å²) in [5.41, 5.74) is 0.729. The highest BCUT2D eigenvalue weighted by molar-refractivity contribution is 14.1. The van der Waals surface area contributed by atoms with E-state index in [1.165, 1.54) is 0 Å². The molecule has 1 atom stereocenters. The predicted octanol–water partition coefficient (Wildman–Crippen LogP) is 4.48. The number of carbonyl (C=O) groups excluding carboxylic acids is 1. The molecule has 2 aromatic rings. The third-order valence-corrected chi connectivity index (χ3v) is 6.57. The average molecular weight is 815 g/mol. The summed E-state index contributed by atoms with van der Waals surface area (Å²) in [6.07, 6.45) is 0.0968. The second-order valence-corrected chi connectivity index (χ2v) is 9.98. The van der Waals surface area contributed by atoms with Crippen LogP contribution in [0.1, 0.15) is 5.56 Å². The monoisotopic (exact) mass is 815 g/mol. The van der Waals surface area contributed by atoms with Gasteiger partial charge in [-0.15, -0.1) is 0 Å². The Bertz CT molecular complexity index is 862. The maximum absolute atomic E-state index is 11.3. The summed E-state index contributed by atoms with van der Waals surface area (Å²) in [6, 6.07) is 5.95. The van der Waals surface area contributed by atoms with E-state index in [-0.39, 0.29) is 12.2 Å². The molecule has 1 amide bonds. The first-order chi connectivity index (χ1) is 12.6. The molecule has 140 valence electrons. The van der Waals surface area contributed by atoms with Crippen LogP contribution in [0.5, 0.6) is 17.2 Å². The van der Waals surface area contributed by atoms with E-state index in [1.807, 2.05) is 45.2 Å². The van der Waals surface area contributed by atoms with E-state index >= 15 is 0 Å². The largest absolute Gasteiger partial charge is 0.506 e. The normalized spacial score (nSPS) is 11.7. The number of carboxylic acids is 1. The van der Waals surface area contributed by atoms with Crippen molar-refractivity contribution in [3.8, 4) is 17.2 Å². The van der Waals surface area contributed by atoms with Gasteiger partial charge in [0.2, 0.25) is 7.85 Å². The van der Waals surface area contributed by atoms with Crippen molar-refractivity contribution < 1.29 is 24.5 Å². The van der Waals surface area contributed by atoms with E-state index in [0.29, 0.717) is 18.6 Å².